The summed E-state index contributed by atoms with van der Waals surface area (Å²) >= 11 is 3.43. The Balaban J connectivity index is 1.81. The first-order valence-corrected chi connectivity index (χ1v) is 7.56. The van der Waals surface area contributed by atoms with Crippen molar-refractivity contribution in [3.63, 3.8) is 0 Å². The van der Waals surface area contributed by atoms with Crippen molar-refractivity contribution >= 4 is 15.9 Å². The van der Waals surface area contributed by atoms with Crippen LogP contribution in [0.4, 0.5) is 0 Å². The van der Waals surface area contributed by atoms with E-state index in [0.717, 1.165) is 29.5 Å². The molecule has 0 radical (unpaired) electrons. The summed E-state index contributed by atoms with van der Waals surface area (Å²) in [6.07, 6.45) is 8.24. The normalized spacial score (nSPS) is 16.3. The van der Waals surface area contributed by atoms with Gasteiger partial charge in [-0.05, 0) is 54.7 Å². The summed E-state index contributed by atoms with van der Waals surface area (Å²) in [7, 11) is 0. The quantitative estimate of drug-likeness (QED) is 0.848. The Kier molecular flexibility index (Phi) is 5.01. The SMILES string of the molecule is Cc1cc(Br)cn(CCCNC2CCCC2)c1=O. The van der Waals surface area contributed by atoms with Gasteiger partial charge in [-0.2, -0.15) is 0 Å². The van der Waals surface area contributed by atoms with Crippen LogP contribution in [0.3, 0.4) is 0 Å². The third-order valence-electron chi connectivity index (χ3n) is 3.60. The molecule has 18 heavy (non-hydrogen) atoms. The van der Waals surface area contributed by atoms with Crippen molar-refractivity contribution in [1.82, 2.24) is 9.88 Å². The molecule has 1 aliphatic carbocycles. The monoisotopic (exact) mass is 312 g/mol. The molecule has 0 saturated heterocycles. The number of nitrogens with one attached hydrogen (secondary N) is 1. The molecule has 0 bridgehead atoms. The average Bonchev–Trinajstić information content (AvgIpc) is 2.83. The molecule has 1 fully saturated rings. The Labute approximate surface area is 117 Å². The molecule has 0 spiro atoms. The molecule has 0 atom stereocenters. The summed E-state index contributed by atoms with van der Waals surface area (Å²) in [5.74, 6) is 0. The number of aromatic nitrogens is 1. The maximum absolute atomic E-state index is 11.9. The first-order valence-electron chi connectivity index (χ1n) is 6.77. The topological polar surface area (TPSA) is 34.0 Å². The van der Waals surface area contributed by atoms with E-state index < -0.39 is 0 Å². The van der Waals surface area contributed by atoms with Crippen molar-refractivity contribution in [3.05, 3.63) is 32.7 Å². The van der Waals surface area contributed by atoms with Crippen LogP contribution in [0.5, 0.6) is 0 Å². The Morgan fingerprint density at radius 2 is 2.17 bits per heavy atom. The molecule has 0 aliphatic heterocycles. The lowest BCUT2D eigenvalue weighted by molar-refractivity contribution is 0.491. The minimum absolute atomic E-state index is 0.124. The first kappa shape index (κ1) is 13.8. The summed E-state index contributed by atoms with van der Waals surface area (Å²) in [4.78, 5) is 11.9. The smallest absolute Gasteiger partial charge is 0.253 e. The van der Waals surface area contributed by atoms with E-state index >= 15 is 0 Å². The third kappa shape index (κ3) is 3.69. The van der Waals surface area contributed by atoms with E-state index in [2.05, 4.69) is 21.2 Å². The van der Waals surface area contributed by atoms with Gasteiger partial charge in [0.05, 0.1) is 0 Å². The molecule has 1 N–H and O–H groups in total. The highest BCUT2D eigenvalue weighted by atomic mass is 79.9. The van der Waals surface area contributed by atoms with E-state index in [1.54, 1.807) is 4.57 Å². The maximum Gasteiger partial charge on any atom is 0.253 e. The Morgan fingerprint density at radius 3 is 2.89 bits per heavy atom. The Hall–Kier alpha value is -0.610. The lowest BCUT2D eigenvalue weighted by Crippen LogP contribution is -2.29. The second-order valence-corrected chi connectivity index (χ2v) is 6.04. The maximum atomic E-state index is 11.9. The summed E-state index contributed by atoms with van der Waals surface area (Å²) in [5.41, 5.74) is 0.923. The van der Waals surface area contributed by atoms with Crippen LogP contribution in [-0.4, -0.2) is 17.2 Å². The molecule has 0 aromatic carbocycles. The van der Waals surface area contributed by atoms with Gasteiger partial charge >= 0.3 is 0 Å². The molecule has 1 saturated carbocycles. The zero-order valence-electron chi connectivity index (χ0n) is 10.9. The van der Waals surface area contributed by atoms with Crippen LogP contribution in [0, 0.1) is 6.92 Å². The number of hydrogen-bond acceptors (Lipinski definition) is 2. The summed E-state index contributed by atoms with van der Waals surface area (Å²) in [6, 6.07) is 2.58. The zero-order chi connectivity index (χ0) is 13.0. The fourth-order valence-corrected chi connectivity index (χ4v) is 3.18. The highest BCUT2D eigenvalue weighted by Crippen LogP contribution is 2.17. The highest BCUT2D eigenvalue weighted by molar-refractivity contribution is 9.10. The number of pyridine rings is 1. The largest absolute Gasteiger partial charge is 0.314 e. The average molecular weight is 313 g/mol. The molecular formula is C14H21BrN2O. The van der Waals surface area contributed by atoms with E-state index in [-0.39, 0.29) is 5.56 Å². The Bertz CT molecular complexity index is 450. The lowest BCUT2D eigenvalue weighted by atomic mass is 10.2. The number of nitrogens with zero attached hydrogens (tertiary/aromatic N) is 1. The van der Waals surface area contributed by atoms with Crippen LogP contribution in [0.15, 0.2) is 21.5 Å². The van der Waals surface area contributed by atoms with Gasteiger partial charge in [-0.3, -0.25) is 4.79 Å². The van der Waals surface area contributed by atoms with Gasteiger partial charge in [0.1, 0.15) is 0 Å². The van der Waals surface area contributed by atoms with Crippen LogP contribution in [0.2, 0.25) is 0 Å². The van der Waals surface area contributed by atoms with E-state index in [9.17, 15) is 4.79 Å². The molecule has 100 valence electrons. The summed E-state index contributed by atoms with van der Waals surface area (Å²) < 4.78 is 2.78. The minimum atomic E-state index is 0.124. The van der Waals surface area contributed by atoms with Crippen molar-refractivity contribution in [3.8, 4) is 0 Å². The van der Waals surface area contributed by atoms with Gasteiger partial charge in [0.15, 0.2) is 0 Å². The van der Waals surface area contributed by atoms with Gasteiger partial charge in [-0.1, -0.05) is 12.8 Å². The van der Waals surface area contributed by atoms with Crippen LogP contribution in [-0.2, 0) is 6.54 Å². The molecule has 2 rings (SSSR count). The van der Waals surface area contributed by atoms with Gasteiger partial charge in [0.25, 0.3) is 5.56 Å². The molecular weight excluding hydrogens is 292 g/mol. The lowest BCUT2D eigenvalue weighted by Gasteiger charge is -2.12. The molecule has 1 aliphatic rings. The summed E-state index contributed by atoms with van der Waals surface area (Å²) in [5, 5.41) is 3.57. The van der Waals surface area contributed by atoms with Gasteiger partial charge in [0, 0.05) is 28.8 Å². The van der Waals surface area contributed by atoms with Crippen molar-refractivity contribution in [2.45, 2.75) is 51.6 Å². The van der Waals surface area contributed by atoms with E-state index in [4.69, 9.17) is 0 Å². The second kappa shape index (κ2) is 6.53. The Morgan fingerprint density at radius 1 is 1.44 bits per heavy atom. The number of halogens is 1. The fraction of sp³-hybridized carbons (Fsp3) is 0.643. The molecule has 0 amide bonds. The van der Waals surface area contributed by atoms with Gasteiger partial charge in [-0.15, -0.1) is 0 Å². The molecule has 1 aromatic heterocycles. The number of hydrogen-bond donors (Lipinski definition) is 1. The number of rotatable bonds is 5. The second-order valence-electron chi connectivity index (χ2n) is 5.13. The van der Waals surface area contributed by atoms with E-state index in [0.29, 0.717) is 6.04 Å². The van der Waals surface area contributed by atoms with Crippen molar-refractivity contribution in [2.75, 3.05) is 6.54 Å². The molecule has 1 heterocycles. The van der Waals surface area contributed by atoms with E-state index in [1.807, 2.05) is 19.2 Å². The molecule has 0 unspecified atom stereocenters. The summed E-state index contributed by atoms with van der Waals surface area (Å²) in [6.45, 7) is 3.65. The van der Waals surface area contributed by atoms with Crippen molar-refractivity contribution in [1.29, 1.82) is 0 Å². The van der Waals surface area contributed by atoms with Crippen molar-refractivity contribution < 1.29 is 0 Å². The van der Waals surface area contributed by atoms with Crippen LogP contribution < -0.4 is 10.9 Å². The molecule has 3 nitrogen and oxygen atoms in total. The standard InChI is InChI=1S/C14H21BrN2O/c1-11-9-12(15)10-17(14(11)18)8-4-7-16-13-5-2-3-6-13/h9-10,13,16H,2-8H2,1H3. The van der Waals surface area contributed by atoms with Crippen LogP contribution >= 0.6 is 15.9 Å². The van der Waals surface area contributed by atoms with Crippen molar-refractivity contribution in [2.24, 2.45) is 0 Å². The van der Waals surface area contributed by atoms with Gasteiger partial charge in [0.2, 0.25) is 0 Å². The zero-order valence-corrected chi connectivity index (χ0v) is 12.5. The predicted molar refractivity (Wildman–Crippen MR) is 78.0 cm³/mol. The van der Waals surface area contributed by atoms with Gasteiger partial charge < -0.3 is 9.88 Å². The minimum Gasteiger partial charge on any atom is -0.314 e. The molecule has 4 heteroatoms. The first-order chi connectivity index (χ1) is 8.66. The third-order valence-corrected chi connectivity index (χ3v) is 4.03. The highest BCUT2D eigenvalue weighted by Gasteiger charge is 2.13. The van der Waals surface area contributed by atoms with Crippen LogP contribution in [0.1, 0.15) is 37.7 Å². The van der Waals surface area contributed by atoms with E-state index in [1.165, 1.54) is 25.7 Å². The van der Waals surface area contributed by atoms with Gasteiger partial charge in [-0.25, -0.2) is 0 Å². The van der Waals surface area contributed by atoms with Crippen LogP contribution in [0.25, 0.3) is 0 Å². The fourth-order valence-electron chi connectivity index (χ4n) is 2.59. The predicted octanol–water partition coefficient (Wildman–Crippen LogP) is 2.84. The number of aryl methyl sites for hydroxylation is 2. The molecule has 1 aromatic rings.